The minimum absolute atomic E-state index is 0.0653. The van der Waals surface area contributed by atoms with Gasteiger partial charge >= 0.3 is 0 Å². The van der Waals surface area contributed by atoms with Crippen molar-refractivity contribution in [2.75, 3.05) is 6.61 Å². The number of aromatic nitrogens is 1. The quantitative estimate of drug-likeness (QED) is 0.143. The van der Waals surface area contributed by atoms with Crippen LogP contribution in [0.15, 0.2) is 97.3 Å². The Bertz CT molecular complexity index is 1310. The first kappa shape index (κ1) is 31.9. The Morgan fingerprint density at radius 1 is 0.975 bits per heavy atom. The van der Waals surface area contributed by atoms with Gasteiger partial charge < -0.3 is 21.9 Å². The highest BCUT2D eigenvalue weighted by Crippen LogP contribution is 2.27. The van der Waals surface area contributed by atoms with E-state index in [1.54, 1.807) is 12.4 Å². The van der Waals surface area contributed by atoms with Crippen LogP contribution in [0.2, 0.25) is 0 Å². The number of amides is 1. The first-order valence-electron chi connectivity index (χ1n) is 13.5. The van der Waals surface area contributed by atoms with Gasteiger partial charge in [-0.25, -0.2) is 0 Å². The molecule has 0 aliphatic rings. The lowest BCUT2D eigenvalue weighted by Crippen LogP contribution is -2.36. The second kappa shape index (κ2) is 17.3. The fourth-order valence-electron chi connectivity index (χ4n) is 4.38. The zero-order valence-electron chi connectivity index (χ0n) is 23.5. The Hall–Kier alpha value is -4.33. The maximum Gasteiger partial charge on any atom is 0.251 e. The molecular formula is C33H41N5O2. The lowest BCUT2D eigenvalue weighted by Gasteiger charge is -2.27. The zero-order chi connectivity index (χ0) is 29.3. The molecule has 0 aliphatic heterocycles. The van der Waals surface area contributed by atoms with Crippen molar-refractivity contribution in [1.29, 1.82) is 5.41 Å². The van der Waals surface area contributed by atoms with Gasteiger partial charge in [0, 0.05) is 37.0 Å². The van der Waals surface area contributed by atoms with Gasteiger partial charge in [0.15, 0.2) is 0 Å². The molecule has 40 heavy (non-hydrogen) atoms. The number of aliphatic hydroxyl groups is 1. The highest BCUT2D eigenvalue weighted by atomic mass is 16.3. The molecule has 2 unspecified atom stereocenters. The molecule has 0 bridgehead atoms. The van der Waals surface area contributed by atoms with Crippen LogP contribution in [0, 0.1) is 18.3 Å². The Balaban J connectivity index is 0.00000105. The number of carbonyl (C=O) groups excluding carboxylic acids is 1. The maximum atomic E-state index is 13.3. The summed E-state index contributed by atoms with van der Waals surface area (Å²) in [6.07, 6.45) is 4.83. The number of nitrogens with one attached hydrogen (secondary N) is 2. The summed E-state index contributed by atoms with van der Waals surface area (Å²) in [5.41, 5.74) is 17.0. The second-order valence-electron chi connectivity index (χ2n) is 9.02. The normalized spacial score (nSPS) is 11.5. The summed E-state index contributed by atoms with van der Waals surface area (Å²) in [5, 5.41) is 19.3. The number of pyridine rings is 1. The topological polar surface area (TPSA) is 138 Å². The fourth-order valence-corrected chi connectivity index (χ4v) is 4.38. The van der Waals surface area contributed by atoms with Gasteiger partial charge in [-0.05, 0) is 65.4 Å². The molecule has 1 heterocycles. The van der Waals surface area contributed by atoms with Gasteiger partial charge in [0.2, 0.25) is 0 Å². The predicted octanol–water partition coefficient (Wildman–Crippen LogP) is 5.42. The first-order valence-corrected chi connectivity index (χ1v) is 13.5. The van der Waals surface area contributed by atoms with E-state index in [9.17, 15) is 9.90 Å². The number of nitrogens with zero attached hydrogens (tertiary/aromatic N) is 1. The fraction of sp³-hybridized carbons (Fsp3) is 0.242. The molecule has 1 amide bonds. The van der Waals surface area contributed by atoms with E-state index < -0.39 is 0 Å². The summed E-state index contributed by atoms with van der Waals surface area (Å²) >= 11 is 0. The molecule has 0 spiro atoms. The molecule has 7 nitrogen and oxygen atoms in total. The van der Waals surface area contributed by atoms with Crippen LogP contribution in [0.4, 0.5) is 0 Å². The third-order valence-corrected chi connectivity index (χ3v) is 6.26. The molecule has 7 heteroatoms. The SMILES string of the molecule is CC.Cc1cccc(CC(CO)C(NC(=O)c2ccc(-c3cccc(CN)c3)cc2)c2cccnc2)c1.N=CN. The van der Waals surface area contributed by atoms with Crippen molar-refractivity contribution >= 4 is 12.2 Å². The van der Waals surface area contributed by atoms with E-state index in [2.05, 4.69) is 34.2 Å². The monoisotopic (exact) mass is 539 g/mol. The van der Waals surface area contributed by atoms with Crippen molar-refractivity contribution in [3.8, 4) is 11.1 Å². The second-order valence-corrected chi connectivity index (χ2v) is 9.02. The summed E-state index contributed by atoms with van der Waals surface area (Å²) < 4.78 is 0. The molecule has 0 saturated carbocycles. The Kier molecular flexibility index (Phi) is 13.8. The molecule has 7 N–H and O–H groups in total. The van der Waals surface area contributed by atoms with E-state index in [-0.39, 0.29) is 24.5 Å². The number of hydrogen-bond acceptors (Lipinski definition) is 5. The standard InChI is InChI=1S/C30H31N3O2.C2H6.CH4N2/c1-21-5-2-6-22(15-21)16-28(20-34)29(27-9-4-14-32-19-27)33-30(35)25-12-10-24(11-13-25)26-8-3-7-23(17-26)18-31;1-2;2-1-3/h2-15,17,19,28-29,34H,16,18,20,31H2,1H3,(H,33,35);1-2H3;1H,(H3,2,3). The molecule has 4 aromatic rings. The third kappa shape index (κ3) is 9.45. The van der Waals surface area contributed by atoms with Gasteiger partial charge in [0.05, 0.1) is 12.4 Å². The number of nitrogens with two attached hydrogens (primary N) is 2. The van der Waals surface area contributed by atoms with Crippen LogP contribution in [0.5, 0.6) is 0 Å². The van der Waals surface area contributed by atoms with Crippen molar-refractivity contribution in [1.82, 2.24) is 10.3 Å². The van der Waals surface area contributed by atoms with E-state index in [1.807, 2.05) is 87.5 Å². The maximum absolute atomic E-state index is 13.3. The summed E-state index contributed by atoms with van der Waals surface area (Å²) in [4.78, 5) is 17.5. The van der Waals surface area contributed by atoms with Crippen molar-refractivity contribution in [2.45, 2.75) is 39.8 Å². The molecule has 0 radical (unpaired) electrons. The summed E-state index contributed by atoms with van der Waals surface area (Å²) in [6, 6.07) is 27.2. The Morgan fingerprint density at radius 3 is 2.25 bits per heavy atom. The smallest absolute Gasteiger partial charge is 0.251 e. The van der Waals surface area contributed by atoms with E-state index in [0.717, 1.165) is 34.2 Å². The van der Waals surface area contributed by atoms with Crippen molar-refractivity contribution in [3.63, 3.8) is 0 Å². The molecule has 1 aromatic heterocycles. The van der Waals surface area contributed by atoms with Crippen LogP contribution in [0.3, 0.4) is 0 Å². The van der Waals surface area contributed by atoms with Crippen LogP contribution >= 0.6 is 0 Å². The average Bonchev–Trinajstić information content (AvgIpc) is 3.00. The van der Waals surface area contributed by atoms with Crippen LogP contribution in [-0.4, -0.2) is 28.9 Å². The Labute approximate surface area is 237 Å². The predicted molar refractivity (Wildman–Crippen MR) is 164 cm³/mol. The van der Waals surface area contributed by atoms with Crippen LogP contribution < -0.4 is 16.8 Å². The lowest BCUT2D eigenvalue weighted by atomic mass is 9.88. The molecular weight excluding hydrogens is 498 g/mol. The van der Waals surface area contributed by atoms with Gasteiger partial charge in [0.1, 0.15) is 0 Å². The number of hydrogen-bond donors (Lipinski definition) is 5. The molecule has 0 aliphatic carbocycles. The van der Waals surface area contributed by atoms with E-state index >= 15 is 0 Å². The molecule has 4 rings (SSSR count). The van der Waals surface area contributed by atoms with Crippen molar-refractivity contribution in [3.05, 3.63) is 125 Å². The number of benzene rings is 3. The van der Waals surface area contributed by atoms with Gasteiger partial charge in [-0.3, -0.25) is 15.2 Å². The van der Waals surface area contributed by atoms with Gasteiger partial charge in [0.25, 0.3) is 5.91 Å². The molecule has 2 atom stereocenters. The molecule has 210 valence electrons. The number of aryl methyl sites for hydroxylation is 1. The minimum atomic E-state index is -0.386. The highest BCUT2D eigenvalue weighted by molar-refractivity contribution is 5.95. The largest absolute Gasteiger partial charge is 0.396 e. The van der Waals surface area contributed by atoms with Crippen molar-refractivity contribution in [2.24, 2.45) is 17.4 Å². The lowest BCUT2D eigenvalue weighted by molar-refractivity contribution is 0.0902. The molecule has 0 fully saturated rings. The first-order chi connectivity index (χ1) is 19.5. The molecule has 0 saturated heterocycles. The van der Waals surface area contributed by atoms with Crippen LogP contribution in [0.1, 0.15) is 52.5 Å². The minimum Gasteiger partial charge on any atom is -0.396 e. The van der Waals surface area contributed by atoms with E-state index in [4.69, 9.17) is 11.1 Å². The van der Waals surface area contributed by atoms with Crippen molar-refractivity contribution < 1.29 is 9.90 Å². The number of aliphatic hydroxyl groups excluding tert-OH is 1. The number of rotatable bonds is 9. The summed E-state index contributed by atoms with van der Waals surface area (Å²) in [6.45, 7) is 6.47. The third-order valence-electron chi connectivity index (χ3n) is 6.26. The summed E-state index contributed by atoms with van der Waals surface area (Å²) in [5.74, 6) is -0.396. The average molecular weight is 540 g/mol. The van der Waals surface area contributed by atoms with E-state index in [1.165, 1.54) is 5.56 Å². The Morgan fingerprint density at radius 2 is 1.65 bits per heavy atom. The van der Waals surface area contributed by atoms with Gasteiger partial charge in [-0.1, -0.05) is 80.1 Å². The van der Waals surface area contributed by atoms with Gasteiger partial charge in [-0.15, -0.1) is 0 Å². The van der Waals surface area contributed by atoms with Crippen LogP contribution in [-0.2, 0) is 13.0 Å². The number of carbonyl (C=O) groups is 1. The highest BCUT2D eigenvalue weighted by Gasteiger charge is 2.26. The summed E-state index contributed by atoms with van der Waals surface area (Å²) in [7, 11) is 0. The van der Waals surface area contributed by atoms with E-state index in [0.29, 0.717) is 18.5 Å². The zero-order valence-corrected chi connectivity index (χ0v) is 23.5. The van der Waals surface area contributed by atoms with Crippen LogP contribution in [0.25, 0.3) is 11.1 Å². The molecule has 3 aromatic carbocycles. The van der Waals surface area contributed by atoms with Gasteiger partial charge in [-0.2, -0.15) is 0 Å².